The highest BCUT2D eigenvalue weighted by Gasteiger charge is 2.29. The Kier molecular flexibility index (Phi) is 9.11. The lowest BCUT2D eigenvalue weighted by Crippen LogP contribution is -2.46. The summed E-state index contributed by atoms with van der Waals surface area (Å²) in [5.74, 6) is -0.269. The third kappa shape index (κ3) is 8.47. The number of esters is 1. The molecule has 1 aromatic carbocycles. The normalized spacial score (nSPS) is 14.4. The Balaban J connectivity index is 2.87. The zero-order valence-corrected chi connectivity index (χ0v) is 16.4. The molecule has 0 spiro atoms. The van der Waals surface area contributed by atoms with E-state index in [2.05, 4.69) is 24.4 Å². The summed E-state index contributed by atoms with van der Waals surface area (Å²) in [7, 11) is 0. The van der Waals surface area contributed by atoms with E-state index in [0.29, 0.717) is 13.2 Å². The topological polar surface area (TPSA) is 56.8 Å². The smallest absolute Gasteiger partial charge is 0.308 e. The quantitative estimate of drug-likeness (QED) is 0.513. The minimum absolute atomic E-state index is 0.0528. The summed E-state index contributed by atoms with van der Waals surface area (Å²) in [5.41, 5.74) is 0.628. The SMILES string of the molecule is CCOC(OCC)[C@@H](CC(=O)OC(C)(C)C)N[C@@H](C)c1ccccc1. The van der Waals surface area contributed by atoms with Crippen LogP contribution in [0.2, 0.25) is 0 Å². The van der Waals surface area contributed by atoms with E-state index >= 15 is 0 Å². The highest BCUT2D eigenvalue weighted by Crippen LogP contribution is 2.18. The molecule has 25 heavy (non-hydrogen) atoms. The molecule has 0 bridgehead atoms. The molecule has 0 saturated heterocycles. The number of hydrogen-bond acceptors (Lipinski definition) is 5. The molecule has 1 rings (SSSR count). The molecule has 0 fully saturated rings. The third-order valence-corrected chi connectivity index (χ3v) is 3.56. The Morgan fingerprint density at radius 3 is 2.12 bits per heavy atom. The van der Waals surface area contributed by atoms with Crippen molar-refractivity contribution < 1.29 is 19.0 Å². The lowest BCUT2D eigenvalue weighted by atomic mass is 10.1. The monoisotopic (exact) mass is 351 g/mol. The summed E-state index contributed by atoms with van der Waals surface area (Å²) in [6.45, 7) is 12.5. The van der Waals surface area contributed by atoms with Crippen molar-refractivity contribution in [1.29, 1.82) is 0 Å². The van der Waals surface area contributed by atoms with Crippen LogP contribution in [0.4, 0.5) is 0 Å². The van der Waals surface area contributed by atoms with Gasteiger partial charge in [-0.3, -0.25) is 4.79 Å². The largest absolute Gasteiger partial charge is 0.460 e. The molecule has 0 radical (unpaired) electrons. The van der Waals surface area contributed by atoms with Crippen molar-refractivity contribution in [3.05, 3.63) is 35.9 Å². The second kappa shape index (κ2) is 10.5. The number of carbonyl (C=O) groups is 1. The fourth-order valence-corrected chi connectivity index (χ4v) is 2.56. The van der Waals surface area contributed by atoms with Gasteiger partial charge in [-0.2, -0.15) is 0 Å². The van der Waals surface area contributed by atoms with Crippen LogP contribution in [0.25, 0.3) is 0 Å². The van der Waals surface area contributed by atoms with Gasteiger partial charge >= 0.3 is 5.97 Å². The molecule has 2 atom stereocenters. The predicted octanol–water partition coefficient (Wildman–Crippen LogP) is 3.84. The van der Waals surface area contributed by atoms with Crippen molar-refractivity contribution in [1.82, 2.24) is 5.32 Å². The zero-order chi connectivity index (χ0) is 18.9. The van der Waals surface area contributed by atoms with Crippen LogP contribution in [0, 0.1) is 0 Å². The van der Waals surface area contributed by atoms with E-state index in [9.17, 15) is 4.79 Å². The van der Waals surface area contributed by atoms with E-state index < -0.39 is 11.9 Å². The lowest BCUT2D eigenvalue weighted by Gasteiger charge is -2.31. The predicted molar refractivity (Wildman–Crippen MR) is 99.3 cm³/mol. The molecule has 0 amide bonds. The molecule has 142 valence electrons. The number of benzene rings is 1. The Morgan fingerprint density at radius 2 is 1.64 bits per heavy atom. The van der Waals surface area contributed by atoms with Crippen molar-refractivity contribution >= 4 is 5.97 Å². The molecule has 1 N–H and O–H groups in total. The molecule has 0 aliphatic carbocycles. The number of carbonyl (C=O) groups excluding carboxylic acids is 1. The molecular weight excluding hydrogens is 318 g/mol. The molecule has 0 saturated carbocycles. The van der Waals surface area contributed by atoms with Crippen LogP contribution >= 0.6 is 0 Å². The average molecular weight is 351 g/mol. The first kappa shape index (κ1) is 21.6. The van der Waals surface area contributed by atoms with Gasteiger partial charge in [0, 0.05) is 19.3 Å². The van der Waals surface area contributed by atoms with E-state index in [1.807, 2.05) is 52.8 Å². The van der Waals surface area contributed by atoms with Gasteiger partial charge in [-0.05, 0) is 47.1 Å². The number of hydrogen-bond donors (Lipinski definition) is 1. The second-order valence-corrected chi connectivity index (χ2v) is 6.98. The number of ether oxygens (including phenoxy) is 3. The maximum absolute atomic E-state index is 12.3. The molecule has 0 unspecified atom stereocenters. The zero-order valence-electron chi connectivity index (χ0n) is 16.4. The molecule has 1 aromatic rings. The van der Waals surface area contributed by atoms with E-state index in [-0.39, 0.29) is 24.5 Å². The Bertz CT molecular complexity index is 492. The summed E-state index contributed by atoms with van der Waals surface area (Å²) in [4.78, 5) is 12.3. The first-order chi connectivity index (χ1) is 11.8. The minimum Gasteiger partial charge on any atom is -0.460 e. The van der Waals surface area contributed by atoms with Crippen LogP contribution in [0.5, 0.6) is 0 Å². The van der Waals surface area contributed by atoms with Crippen molar-refractivity contribution in [2.24, 2.45) is 0 Å². The summed E-state index contributed by atoms with van der Waals surface area (Å²) in [6, 6.07) is 9.84. The number of nitrogens with one attached hydrogen (secondary N) is 1. The molecule has 0 heterocycles. The number of rotatable bonds is 10. The first-order valence-electron chi connectivity index (χ1n) is 9.02. The van der Waals surface area contributed by atoms with Gasteiger partial charge in [0.15, 0.2) is 6.29 Å². The van der Waals surface area contributed by atoms with Crippen molar-refractivity contribution in [3.63, 3.8) is 0 Å². The summed E-state index contributed by atoms with van der Waals surface area (Å²) >= 11 is 0. The van der Waals surface area contributed by atoms with Gasteiger partial charge in [0.2, 0.25) is 0 Å². The molecular formula is C20H33NO4. The first-order valence-corrected chi connectivity index (χ1v) is 9.02. The van der Waals surface area contributed by atoms with E-state index in [4.69, 9.17) is 14.2 Å². The maximum Gasteiger partial charge on any atom is 0.308 e. The van der Waals surface area contributed by atoms with Gasteiger partial charge in [0.25, 0.3) is 0 Å². The van der Waals surface area contributed by atoms with Gasteiger partial charge in [-0.25, -0.2) is 0 Å². The van der Waals surface area contributed by atoms with Crippen LogP contribution in [0.15, 0.2) is 30.3 Å². The van der Waals surface area contributed by atoms with Crippen LogP contribution < -0.4 is 5.32 Å². The lowest BCUT2D eigenvalue weighted by molar-refractivity contribution is -0.172. The Morgan fingerprint density at radius 1 is 1.08 bits per heavy atom. The Labute approximate surface area is 152 Å². The molecule has 0 aliphatic heterocycles. The van der Waals surface area contributed by atoms with Crippen molar-refractivity contribution in [3.8, 4) is 0 Å². The van der Waals surface area contributed by atoms with E-state index in [1.54, 1.807) is 0 Å². The fourth-order valence-electron chi connectivity index (χ4n) is 2.56. The standard InChI is InChI=1S/C20H33NO4/c1-7-23-19(24-8-2)17(14-18(22)25-20(4,5)6)21-15(3)16-12-10-9-11-13-16/h9-13,15,17,19,21H,7-8,14H2,1-6H3/t15-,17+/m0/s1. The summed E-state index contributed by atoms with van der Waals surface area (Å²) < 4.78 is 16.9. The molecule has 0 aromatic heterocycles. The summed E-state index contributed by atoms with van der Waals surface area (Å²) in [6.07, 6.45) is -0.326. The van der Waals surface area contributed by atoms with Gasteiger partial charge in [-0.1, -0.05) is 30.3 Å². The van der Waals surface area contributed by atoms with E-state index in [1.165, 1.54) is 0 Å². The maximum atomic E-state index is 12.3. The van der Waals surface area contributed by atoms with Crippen LogP contribution in [-0.4, -0.2) is 37.1 Å². The Hall–Kier alpha value is -1.43. The molecule has 5 nitrogen and oxygen atoms in total. The summed E-state index contributed by atoms with van der Waals surface area (Å²) in [5, 5.41) is 3.47. The van der Waals surface area contributed by atoms with Gasteiger partial charge < -0.3 is 19.5 Å². The second-order valence-electron chi connectivity index (χ2n) is 6.98. The van der Waals surface area contributed by atoms with Gasteiger partial charge in [0.1, 0.15) is 5.60 Å². The highest BCUT2D eigenvalue weighted by molar-refractivity contribution is 5.70. The minimum atomic E-state index is -0.514. The molecule has 0 aliphatic rings. The molecule has 5 heteroatoms. The fraction of sp³-hybridized carbons (Fsp3) is 0.650. The van der Waals surface area contributed by atoms with Crippen LogP contribution in [0.3, 0.4) is 0 Å². The van der Waals surface area contributed by atoms with Gasteiger partial charge in [-0.15, -0.1) is 0 Å². The van der Waals surface area contributed by atoms with Crippen molar-refractivity contribution in [2.75, 3.05) is 13.2 Å². The highest BCUT2D eigenvalue weighted by atomic mass is 16.7. The van der Waals surface area contributed by atoms with E-state index in [0.717, 1.165) is 5.56 Å². The van der Waals surface area contributed by atoms with Crippen LogP contribution in [0.1, 0.15) is 59.6 Å². The third-order valence-electron chi connectivity index (χ3n) is 3.56. The van der Waals surface area contributed by atoms with Crippen LogP contribution in [-0.2, 0) is 19.0 Å². The van der Waals surface area contributed by atoms with Gasteiger partial charge in [0.05, 0.1) is 12.5 Å². The van der Waals surface area contributed by atoms with Crippen molar-refractivity contribution in [2.45, 2.75) is 71.9 Å². The average Bonchev–Trinajstić information content (AvgIpc) is 2.53.